The molecular weight excluding hydrogens is 442 g/mol. The number of halogens is 1. The number of amides is 1. The summed E-state index contributed by atoms with van der Waals surface area (Å²) >= 11 is 6.02. The zero-order valence-corrected chi connectivity index (χ0v) is 19.8. The molecule has 1 N–H and O–H groups in total. The summed E-state index contributed by atoms with van der Waals surface area (Å²) in [5, 5.41) is 5.72. The van der Waals surface area contributed by atoms with Crippen LogP contribution in [0, 0.1) is 0 Å². The SMILES string of the molecule is O=C(NC(Cc1ccc(Cl)cc1)C(=O)CCCCc1ccccc1)c1ccc2ccccc2c1. The Hall–Kier alpha value is -3.43. The third kappa shape index (κ3) is 6.55. The van der Waals surface area contributed by atoms with Gasteiger partial charge in [-0.25, -0.2) is 0 Å². The smallest absolute Gasteiger partial charge is 0.251 e. The van der Waals surface area contributed by atoms with Crippen LogP contribution < -0.4 is 5.32 Å². The summed E-state index contributed by atoms with van der Waals surface area (Å²) in [6.07, 6.45) is 3.54. The number of fused-ring (bicyclic) bond motifs is 1. The van der Waals surface area contributed by atoms with Gasteiger partial charge in [0.2, 0.25) is 0 Å². The number of benzene rings is 4. The van der Waals surface area contributed by atoms with Crippen molar-refractivity contribution in [2.75, 3.05) is 0 Å². The normalized spacial score (nSPS) is 11.8. The van der Waals surface area contributed by atoms with Crippen LogP contribution in [-0.4, -0.2) is 17.7 Å². The molecule has 0 saturated carbocycles. The standard InChI is InChI=1S/C30H28ClNO2/c31-27-18-14-23(15-19-27)20-28(29(33)13-7-4-10-22-8-2-1-3-9-22)32-30(34)26-17-16-24-11-5-6-12-25(24)21-26/h1-3,5-6,8-9,11-12,14-19,21,28H,4,7,10,13,20H2,(H,32,34). The molecular formula is C30H28ClNO2. The fraction of sp³-hybridized carbons (Fsp3) is 0.200. The monoisotopic (exact) mass is 469 g/mol. The van der Waals surface area contributed by atoms with Crippen LogP contribution >= 0.6 is 11.6 Å². The predicted molar refractivity (Wildman–Crippen MR) is 139 cm³/mol. The van der Waals surface area contributed by atoms with Gasteiger partial charge in [0, 0.05) is 17.0 Å². The Kier molecular flexibility index (Phi) is 8.11. The van der Waals surface area contributed by atoms with Gasteiger partial charge in [0.25, 0.3) is 5.91 Å². The van der Waals surface area contributed by atoms with Crippen LogP contribution in [0.4, 0.5) is 0 Å². The number of carbonyl (C=O) groups excluding carboxylic acids is 2. The number of unbranched alkanes of at least 4 members (excludes halogenated alkanes) is 1. The molecule has 0 fully saturated rings. The lowest BCUT2D eigenvalue weighted by Crippen LogP contribution is -2.42. The van der Waals surface area contributed by atoms with E-state index in [0.29, 0.717) is 23.4 Å². The van der Waals surface area contributed by atoms with Crippen molar-refractivity contribution in [2.24, 2.45) is 0 Å². The largest absolute Gasteiger partial charge is 0.342 e. The fourth-order valence-corrected chi connectivity index (χ4v) is 4.25. The molecule has 0 aliphatic heterocycles. The van der Waals surface area contributed by atoms with Crippen molar-refractivity contribution in [2.45, 2.75) is 38.1 Å². The van der Waals surface area contributed by atoms with Crippen molar-refractivity contribution in [1.29, 1.82) is 0 Å². The summed E-state index contributed by atoms with van der Waals surface area (Å²) in [4.78, 5) is 26.2. The molecule has 0 bridgehead atoms. The number of carbonyl (C=O) groups is 2. The quantitative estimate of drug-likeness (QED) is 0.259. The van der Waals surface area contributed by atoms with E-state index in [0.717, 1.165) is 35.6 Å². The van der Waals surface area contributed by atoms with Crippen LogP contribution in [0.2, 0.25) is 5.02 Å². The summed E-state index contributed by atoms with van der Waals surface area (Å²) in [7, 11) is 0. The lowest BCUT2D eigenvalue weighted by atomic mass is 9.97. The molecule has 0 aliphatic carbocycles. The Bertz CT molecular complexity index is 1250. The van der Waals surface area contributed by atoms with Crippen LogP contribution in [0.25, 0.3) is 10.8 Å². The highest BCUT2D eigenvalue weighted by atomic mass is 35.5. The molecule has 172 valence electrons. The second-order valence-electron chi connectivity index (χ2n) is 8.58. The number of hydrogen-bond acceptors (Lipinski definition) is 2. The number of hydrogen-bond donors (Lipinski definition) is 1. The van der Waals surface area contributed by atoms with Crippen molar-refractivity contribution >= 4 is 34.1 Å². The zero-order chi connectivity index (χ0) is 23.8. The van der Waals surface area contributed by atoms with E-state index in [-0.39, 0.29) is 11.7 Å². The maximum absolute atomic E-state index is 13.2. The zero-order valence-electron chi connectivity index (χ0n) is 19.0. The summed E-state index contributed by atoms with van der Waals surface area (Å²) in [5.41, 5.74) is 2.79. The molecule has 4 aromatic rings. The van der Waals surface area contributed by atoms with Crippen molar-refractivity contribution in [3.8, 4) is 0 Å². The number of aryl methyl sites for hydroxylation is 1. The summed E-state index contributed by atoms with van der Waals surface area (Å²) in [6, 6.07) is 30.7. The molecule has 0 spiro atoms. The molecule has 1 atom stereocenters. The first-order valence-corrected chi connectivity index (χ1v) is 12.1. The highest BCUT2D eigenvalue weighted by Crippen LogP contribution is 2.17. The molecule has 0 radical (unpaired) electrons. The Morgan fingerprint density at radius 1 is 0.735 bits per heavy atom. The summed E-state index contributed by atoms with van der Waals surface area (Å²) in [6.45, 7) is 0. The van der Waals surface area contributed by atoms with E-state index in [4.69, 9.17) is 11.6 Å². The van der Waals surface area contributed by atoms with Crippen molar-refractivity contribution in [3.05, 3.63) is 119 Å². The first-order valence-electron chi connectivity index (χ1n) is 11.7. The lowest BCUT2D eigenvalue weighted by molar-refractivity contribution is -0.121. The van der Waals surface area contributed by atoms with Gasteiger partial charge in [-0.05, 0) is 71.8 Å². The van der Waals surface area contributed by atoms with Crippen LogP contribution in [0.1, 0.15) is 40.7 Å². The van der Waals surface area contributed by atoms with Gasteiger partial charge in [-0.1, -0.05) is 84.4 Å². The van der Waals surface area contributed by atoms with Crippen LogP contribution in [0.15, 0.2) is 97.1 Å². The van der Waals surface area contributed by atoms with Crippen molar-refractivity contribution < 1.29 is 9.59 Å². The minimum Gasteiger partial charge on any atom is -0.342 e. The Morgan fingerprint density at radius 2 is 1.44 bits per heavy atom. The molecule has 0 aliphatic rings. The second-order valence-corrected chi connectivity index (χ2v) is 9.01. The number of nitrogens with one attached hydrogen (secondary N) is 1. The van der Waals surface area contributed by atoms with E-state index in [1.807, 2.05) is 78.9 Å². The lowest BCUT2D eigenvalue weighted by Gasteiger charge is -2.18. The predicted octanol–water partition coefficient (Wildman–Crippen LogP) is 6.82. The van der Waals surface area contributed by atoms with Crippen LogP contribution in [0.3, 0.4) is 0 Å². The molecule has 4 rings (SSSR count). The van der Waals surface area contributed by atoms with Crippen LogP contribution in [0.5, 0.6) is 0 Å². The van der Waals surface area contributed by atoms with E-state index in [1.54, 1.807) is 6.07 Å². The third-order valence-corrected chi connectivity index (χ3v) is 6.29. The highest BCUT2D eigenvalue weighted by molar-refractivity contribution is 6.30. The molecule has 1 amide bonds. The summed E-state index contributed by atoms with van der Waals surface area (Å²) < 4.78 is 0. The molecule has 4 aromatic carbocycles. The van der Waals surface area contributed by atoms with Gasteiger partial charge < -0.3 is 5.32 Å². The maximum Gasteiger partial charge on any atom is 0.251 e. The van der Waals surface area contributed by atoms with Crippen LogP contribution in [-0.2, 0) is 17.6 Å². The molecule has 3 nitrogen and oxygen atoms in total. The van der Waals surface area contributed by atoms with Crippen molar-refractivity contribution in [3.63, 3.8) is 0 Å². The molecule has 0 aromatic heterocycles. The van der Waals surface area contributed by atoms with Gasteiger partial charge in [0.15, 0.2) is 5.78 Å². The van der Waals surface area contributed by atoms with E-state index in [9.17, 15) is 9.59 Å². The second kappa shape index (κ2) is 11.6. The number of ketones is 1. The molecule has 1 unspecified atom stereocenters. The van der Waals surface area contributed by atoms with Gasteiger partial charge in [0.1, 0.15) is 0 Å². The van der Waals surface area contributed by atoms with E-state index >= 15 is 0 Å². The molecule has 0 saturated heterocycles. The summed E-state index contributed by atoms with van der Waals surface area (Å²) in [5.74, 6) is -0.181. The molecule has 0 heterocycles. The third-order valence-electron chi connectivity index (χ3n) is 6.04. The number of rotatable bonds is 10. The average Bonchev–Trinajstić information content (AvgIpc) is 2.87. The Morgan fingerprint density at radius 3 is 2.21 bits per heavy atom. The maximum atomic E-state index is 13.2. The molecule has 34 heavy (non-hydrogen) atoms. The fourth-order valence-electron chi connectivity index (χ4n) is 4.12. The van der Waals surface area contributed by atoms with Gasteiger partial charge >= 0.3 is 0 Å². The minimum absolute atomic E-state index is 0.0529. The van der Waals surface area contributed by atoms with E-state index in [1.165, 1.54) is 5.56 Å². The topological polar surface area (TPSA) is 46.2 Å². The van der Waals surface area contributed by atoms with Gasteiger partial charge in [0.05, 0.1) is 6.04 Å². The van der Waals surface area contributed by atoms with E-state index < -0.39 is 6.04 Å². The van der Waals surface area contributed by atoms with Crippen molar-refractivity contribution in [1.82, 2.24) is 5.32 Å². The minimum atomic E-state index is -0.586. The van der Waals surface area contributed by atoms with Gasteiger partial charge in [-0.2, -0.15) is 0 Å². The Labute approximate surface area is 205 Å². The Balaban J connectivity index is 1.43. The molecule has 4 heteroatoms. The van der Waals surface area contributed by atoms with Gasteiger partial charge in [-0.15, -0.1) is 0 Å². The average molecular weight is 470 g/mol. The number of Topliss-reactive ketones (excluding diaryl/α,β-unsaturated/α-hetero) is 1. The highest BCUT2D eigenvalue weighted by Gasteiger charge is 2.22. The van der Waals surface area contributed by atoms with E-state index in [2.05, 4.69) is 17.4 Å². The first-order chi connectivity index (χ1) is 16.6. The first kappa shape index (κ1) is 23.7. The van der Waals surface area contributed by atoms with Gasteiger partial charge in [-0.3, -0.25) is 9.59 Å².